The summed E-state index contributed by atoms with van der Waals surface area (Å²) in [5.74, 6) is 0. The van der Waals surface area contributed by atoms with Crippen LogP contribution in [-0.4, -0.2) is 15.0 Å². The molecule has 0 radical (unpaired) electrons. The second kappa shape index (κ2) is 5.96. The number of thioether (sulfide) groups is 1. The first-order chi connectivity index (χ1) is 10.1. The largest absolute Gasteiger partial charge is 0.433 e. The van der Waals surface area contributed by atoms with E-state index in [1.165, 1.54) is 5.51 Å². The number of halogens is 3. The molecule has 0 spiro atoms. The van der Waals surface area contributed by atoms with Crippen LogP contribution in [0.25, 0.3) is 0 Å². The Hall–Kier alpha value is -1.35. The van der Waals surface area contributed by atoms with E-state index in [-0.39, 0.29) is 0 Å². The first kappa shape index (κ1) is 12.4. The molecular weight excluding hydrogens is 311 g/mol. The minimum atomic E-state index is -4.77. The van der Waals surface area contributed by atoms with Crippen LogP contribution in [0.4, 0.5) is 13.2 Å². The Morgan fingerprint density at radius 2 is 2.30 bits per heavy atom. The molecule has 2 aromatic rings. The van der Waals surface area contributed by atoms with Crippen LogP contribution in [0, 0.1) is 0 Å². The molecule has 20 heavy (non-hydrogen) atoms. The zero-order valence-electron chi connectivity index (χ0n) is 12.1. The van der Waals surface area contributed by atoms with Crippen molar-refractivity contribution in [1.29, 1.82) is 0 Å². The van der Waals surface area contributed by atoms with Crippen LogP contribution in [0.5, 0.6) is 0 Å². The molecule has 1 N–H and O–H groups in total. The molecule has 0 unspecified atom stereocenters. The number of nitrogens with one attached hydrogen (secondary N) is 1. The van der Waals surface area contributed by atoms with Gasteiger partial charge in [-0.15, -0.1) is 11.3 Å². The summed E-state index contributed by atoms with van der Waals surface area (Å²) >= 11 is 1.48. The van der Waals surface area contributed by atoms with Crippen molar-refractivity contribution >= 4 is 23.1 Å². The van der Waals surface area contributed by atoms with Crippen molar-refractivity contribution in [2.24, 2.45) is 0 Å². The van der Waals surface area contributed by atoms with E-state index in [9.17, 15) is 18.0 Å². The van der Waals surface area contributed by atoms with Crippen LogP contribution < -0.4 is 5.56 Å². The zero-order valence-corrected chi connectivity index (χ0v) is 11.7. The van der Waals surface area contributed by atoms with Gasteiger partial charge in [0.15, 0.2) is 10.9 Å². The maximum Gasteiger partial charge on any atom is 0.433 e. The lowest BCUT2D eigenvalue weighted by molar-refractivity contribution is -0.141. The van der Waals surface area contributed by atoms with Gasteiger partial charge in [-0.3, -0.25) is 4.79 Å². The molecule has 0 saturated heterocycles. The monoisotopic (exact) mass is 323 g/mol. The van der Waals surface area contributed by atoms with Gasteiger partial charge >= 0.3 is 6.18 Å². The topological polar surface area (TPSA) is 58.6 Å². The summed E-state index contributed by atoms with van der Waals surface area (Å²) in [6.07, 6.45) is -4.28. The summed E-state index contributed by atoms with van der Waals surface area (Å²) in [6.45, 7) is 1.80. The highest BCUT2D eigenvalue weighted by Gasteiger charge is 2.33. The maximum absolute atomic E-state index is 12.6. The molecule has 9 heteroatoms. The normalized spacial score (nSPS) is 14.0. The molecule has 2 rings (SSSR count). The molecule has 2 heterocycles. The molecule has 0 amide bonds. The Labute approximate surface area is 123 Å². The fraction of sp³-hybridized carbons (Fsp3) is 0.364. The van der Waals surface area contributed by atoms with Crippen LogP contribution in [0.15, 0.2) is 21.5 Å². The third-order valence-electron chi connectivity index (χ3n) is 2.23. The molecule has 0 atom stereocenters. The van der Waals surface area contributed by atoms with Crippen molar-refractivity contribution in [3.63, 3.8) is 0 Å². The summed E-state index contributed by atoms with van der Waals surface area (Å²) in [5.41, 5.74) is -2.39. The average Bonchev–Trinajstić information content (AvgIpc) is 2.85. The molecule has 108 valence electrons. The maximum atomic E-state index is 12.6. The summed E-state index contributed by atoms with van der Waals surface area (Å²) in [7, 11) is 0. The van der Waals surface area contributed by atoms with Crippen LogP contribution in [0.1, 0.15) is 25.9 Å². The predicted octanol–water partition coefficient (Wildman–Crippen LogP) is 3.10. The van der Waals surface area contributed by atoms with Crippen molar-refractivity contribution in [2.45, 2.75) is 30.4 Å². The third-order valence-corrected chi connectivity index (χ3v) is 3.83. The lowest BCUT2D eigenvalue weighted by Crippen LogP contribution is -2.16. The quantitative estimate of drug-likeness (QED) is 0.694. The van der Waals surface area contributed by atoms with Crippen LogP contribution in [0.2, 0.25) is 0 Å². The van der Waals surface area contributed by atoms with Gasteiger partial charge in [0, 0.05) is 19.4 Å². The van der Waals surface area contributed by atoms with E-state index in [0.29, 0.717) is 34.8 Å². The summed E-state index contributed by atoms with van der Waals surface area (Å²) < 4.78 is 54.0. The van der Waals surface area contributed by atoms with Gasteiger partial charge in [0.25, 0.3) is 5.56 Å². The number of aromatic amines is 1. The van der Waals surface area contributed by atoms with Crippen LogP contribution in [-0.2, 0) is 18.3 Å². The molecule has 0 aromatic carbocycles. The zero-order chi connectivity index (χ0) is 16.5. The van der Waals surface area contributed by atoms with E-state index in [1.807, 2.05) is 0 Å². The smallest absolute Gasteiger partial charge is 0.301 e. The van der Waals surface area contributed by atoms with Crippen molar-refractivity contribution in [3.8, 4) is 0 Å². The van der Waals surface area contributed by atoms with Gasteiger partial charge in [0.1, 0.15) is 0 Å². The van der Waals surface area contributed by atoms with Crippen LogP contribution in [0.3, 0.4) is 0 Å². The standard InChI is InChI=1S/C11H10F3N3OS2/c1-2-6-7(20-5-15-6)4-19-10-16-8(11(12,13)14)3-9(18)17-10/h3,5H,2,4H2,1H3,(H,16,17,18)/i4D2. The SMILES string of the molecule is [2H]C([2H])(Sc1nc(C(F)(F)F)cc(=O)[nH]1)c1scnc1CC. The Bertz CT molecular complexity index is 730. The highest BCUT2D eigenvalue weighted by atomic mass is 32.2. The number of alkyl halides is 3. The third kappa shape index (κ3) is 3.60. The highest BCUT2D eigenvalue weighted by molar-refractivity contribution is 7.98. The van der Waals surface area contributed by atoms with E-state index in [4.69, 9.17) is 2.74 Å². The number of hydrogen-bond donors (Lipinski definition) is 1. The minimum absolute atomic E-state index is 0.292. The van der Waals surface area contributed by atoms with Crippen LogP contribution >= 0.6 is 23.1 Å². The number of rotatable bonds is 4. The molecule has 0 aliphatic heterocycles. The first-order valence-corrected chi connectivity index (χ1v) is 7.13. The molecule has 4 nitrogen and oxygen atoms in total. The van der Waals surface area contributed by atoms with Gasteiger partial charge in [0.2, 0.25) is 0 Å². The molecule has 0 bridgehead atoms. The van der Waals surface area contributed by atoms with E-state index < -0.39 is 28.3 Å². The minimum Gasteiger partial charge on any atom is -0.301 e. The van der Waals surface area contributed by atoms with Gasteiger partial charge < -0.3 is 4.98 Å². The number of thiazole rings is 1. The van der Waals surface area contributed by atoms with Gasteiger partial charge in [-0.1, -0.05) is 18.7 Å². The predicted molar refractivity (Wildman–Crippen MR) is 70.9 cm³/mol. The summed E-state index contributed by atoms with van der Waals surface area (Å²) in [6, 6.07) is 0.337. The summed E-state index contributed by atoms with van der Waals surface area (Å²) in [5, 5.41) is -0.430. The van der Waals surface area contributed by atoms with E-state index in [2.05, 4.69) is 15.0 Å². The highest BCUT2D eigenvalue weighted by Crippen LogP contribution is 2.29. The van der Waals surface area contributed by atoms with Gasteiger partial charge in [-0.2, -0.15) is 13.2 Å². The lowest BCUT2D eigenvalue weighted by atomic mass is 10.3. The second-order valence-electron chi connectivity index (χ2n) is 3.62. The fourth-order valence-electron chi connectivity index (χ4n) is 1.33. The number of hydrogen-bond acceptors (Lipinski definition) is 5. The Morgan fingerprint density at radius 3 is 2.95 bits per heavy atom. The molecular formula is C11H10F3N3OS2. The average molecular weight is 323 g/mol. The van der Waals surface area contributed by atoms with Crippen molar-refractivity contribution in [3.05, 3.63) is 38.2 Å². The second-order valence-corrected chi connectivity index (χ2v) is 5.27. The molecule has 0 saturated carbocycles. The van der Waals surface area contributed by atoms with Gasteiger partial charge in [-0.25, -0.2) is 9.97 Å². The van der Waals surface area contributed by atoms with E-state index in [1.54, 1.807) is 6.92 Å². The fourth-order valence-corrected chi connectivity index (χ4v) is 2.87. The van der Waals surface area contributed by atoms with Crippen molar-refractivity contribution in [1.82, 2.24) is 15.0 Å². The molecule has 0 aliphatic carbocycles. The first-order valence-electron chi connectivity index (χ1n) is 6.44. The number of nitrogens with zero attached hydrogens (tertiary/aromatic N) is 2. The molecule has 0 aliphatic rings. The number of H-pyrrole nitrogens is 1. The van der Waals surface area contributed by atoms with E-state index >= 15 is 0 Å². The Morgan fingerprint density at radius 1 is 1.55 bits per heavy atom. The Kier molecular flexibility index (Phi) is 3.69. The van der Waals surface area contributed by atoms with E-state index in [0.717, 1.165) is 11.3 Å². The van der Waals surface area contributed by atoms with Crippen molar-refractivity contribution in [2.75, 3.05) is 0 Å². The van der Waals surface area contributed by atoms with Gasteiger partial charge in [0.05, 0.1) is 11.2 Å². The number of aromatic nitrogens is 3. The van der Waals surface area contributed by atoms with Crippen molar-refractivity contribution < 1.29 is 15.9 Å². The summed E-state index contributed by atoms with van der Waals surface area (Å²) in [4.78, 5) is 21.0. The van der Waals surface area contributed by atoms with Gasteiger partial charge in [-0.05, 0) is 6.42 Å². The molecule has 0 fully saturated rings. The lowest BCUT2D eigenvalue weighted by Gasteiger charge is -2.06. The number of aryl methyl sites for hydroxylation is 1. The Balaban J connectivity index is 2.38. The molecule has 2 aromatic heterocycles.